The van der Waals surface area contributed by atoms with Gasteiger partial charge in [0, 0.05) is 13.1 Å². The highest BCUT2D eigenvalue weighted by atomic mass is 32.2. The molecule has 0 saturated carbocycles. The molecule has 0 radical (unpaired) electrons. The molecule has 114 valence electrons. The summed E-state index contributed by atoms with van der Waals surface area (Å²) in [6.45, 7) is 0.120. The molecule has 0 saturated heterocycles. The predicted molar refractivity (Wildman–Crippen MR) is 77.4 cm³/mol. The lowest BCUT2D eigenvalue weighted by atomic mass is 10.1. The molecule has 0 aliphatic heterocycles. The zero-order chi connectivity index (χ0) is 15.2. The second kappa shape index (κ2) is 7.16. The molecule has 0 amide bonds. The van der Waals surface area contributed by atoms with Crippen molar-refractivity contribution in [2.75, 3.05) is 32.2 Å². The summed E-state index contributed by atoms with van der Waals surface area (Å²) in [4.78, 5) is 0. The highest BCUT2D eigenvalue weighted by molar-refractivity contribution is 7.88. The molecule has 0 aliphatic carbocycles. The Hall–Kier alpha value is -0.960. The molecule has 0 heterocycles. The van der Waals surface area contributed by atoms with Gasteiger partial charge in [0.2, 0.25) is 10.0 Å². The molecule has 0 atom stereocenters. The van der Waals surface area contributed by atoms with Crippen LogP contribution in [0.5, 0.6) is 0 Å². The Labute approximate surface area is 120 Å². The molecule has 0 N–H and O–H groups in total. The van der Waals surface area contributed by atoms with Crippen LogP contribution < -0.4 is 0 Å². The van der Waals surface area contributed by atoms with E-state index < -0.39 is 20.1 Å². The second-order valence-electron chi connectivity index (χ2n) is 4.42. The zero-order valence-corrected chi connectivity index (χ0v) is 13.2. The van der Waals surface area contributed by atoms with E-state index in [9.17, 15) is 16.8 Å². The van der Waals surface area contributed by atoms with E-state index in [4.69, 9.17) is 0 Å². The van der Waals surface area contributed by atoms with E-state index in [2.05, 4.69) is 4.18 Å². The van der Waals surface area contributed by atoms with E-state index in [1.54, 1.807) is 0 Å². The molecular formula is C12H19NO5S2. The van der Waals surface area contributed by atoms with Crippen LogP contribution in [0.2, 0.25) is 0 Å². The van der Waals surface area contributed by atoms with Crippen LogP contribution in [0.4, 0.5) is 0 Å². The van der Waals surface area contributed by atoms with Crippen molar-refractivity contribution < 1.29 is 21.0 Å². The van der Waals surface area contributed by atoms with Crippen molar-refractivity contribution in [3.63, 3.8) is 0 Å². The standard InChI is InChI=1S/C12H19NO5S2/c1-19(14,15)13(10-11-18-20(2,16)17)9-8-12-6-4-3-5-7-12/h3-7H,8-11H2,1-2H3. The van der Waals surface area contributed by atoms with Crippen LogP contribution in [0.25, 0.3) is 0 Å². The summed E-state index contributed by atoms with van der Waals surface area (Å²) in [5.41, 5.74) is 1.02. The van der Waals surface area contributed by atoms with Gasteiger partial charge in [-0.05, 0) is 12.0 Å². The molecule has 1 aromatic rings. The maximum atomic E-state index is 11.6. The minimum atomic E-state index is -3.55. The maximum absolute atomic E-state index is 11.6. The van der Waals surface area contributed by atoms with Crippen LogP contribution in [0.1, 0.15) is 5.56 Å². The third kappa shape index (κ3) is 6.99. The van der Waals surface area contributed by atoms with Crippen molar-refractivity contribution in [1.82, 2.24) is 4.31 Å². The smallest absolute Gasteiger partial charge is 0.264 e. The van der Waals surface area contributed by atoms with E-state index in [0.717, 1.165) is 18.1 Å². The van der Waals surface area contributed by atoms with Gasteiger partial charge in [-0.15, -0.1) is 0 Å². The van der Waals surface area contributed by atoms with Gasteiger partial charge in [-0.3, -0.25) is 4.18 Å². The van der Waals surface area contributed by atoms with Gasteiger partial charge in [-0.1, -0.05) is 30.3 Å². The Morgan fingerprint density at radius 2 is 1.60 bits per heavy atom. The summed E-state index contributed by atoms with van der Waals surface area (Å²) in [7, 11) is -6.95. The van der Waals surface area contributed by atoms with Crippen molar-refractivity contribution in [2.45, 2.75) is 6.42 Å². The Balaban J connectivity index is 2.58. The van der Waals surface area contributed by atoms with Gasteiger partial charge in [0.05, 0.1) is 19.1 Å². The number of rotatable bonds is 8. The summed E-state index contributed by atoms with van der Waals surface area (Å²) in [5.74, 6) is 0. The van der Waals surface area contributed by atoms with Gasteiger partial charge >= 0.3 is 0 Å². The first-order chi connectivity index (χ1) is 9.18. The Bertz CT molecular complexity index is 611. The minimum Gasteiger partial charge on any atom is -0.269 e. The molecule has 0 aliphatic rings. The van der Waals surface area contributed by atoms with Crippen LogP contribution >= 0.6 is 0 Å². The van der Waals surface area contributed by atoms with Crippen molar-refractivity contribution >= 4 is 20.1 Å². The lowest BCUT2D eigenvalue weighted by Crippen LogP contribution is -2.35. The highest BCUT2D eigenvalue weighted by Crippen LogP contribution is 2.05. The summed E-state index contributed by atoms with van der Waals surface area (Å²) in [6, 6.07) is 9.47. The average molecular weight is 321 g/mol. The fraction of sp³-hybridized carbons (Fsp3) is 0.500. The maximum Gasteiger partial charge on any atom is 0.264 e. The number of hydrogen-bond acceptors (Lipinski definition) is 5. The third-order valence-corrected chi connectivity index (χ3v) is 4.50. The van der Waals surface area contributed by atoms with Gasteiger partial charge in [0.15, 0.2) is 0 Å². The SMILES string of the molecule is CS(=O)(=O)OCCN(CCc1ccccc1)S(C)(=O)=O. The van der Waals surface area contributed by atoms with Crippen LogP contribution in [0.3, 0.4) is 0 Å². The van der Waals surface area contributed by atoms with E-state index in [-0.39, 0.29) is 19.7 Å². The molecule has 0 unspecified atom stereocenters. The van der Waals surface area contributed by atoms with Crippen molar-refractivity contribution in [1.29, 1.82) is 0 Å². The summed E-state index contributed by atoms with van der Waals surface area (Å²) < 4.78 is 50.7. The number of nitrogens with zero attached hydrogens (tertiary/aromatic N) is 1. The Morgan fingerprint density at radius 3 is 2.10 bits per heavy atom. The predicted octanol–water partition coefficient (Wildman–Crippen LogP) is 0.467. The van der Waals surface area contributed by atoms with Crippen molar-refractivity contribution in [2.24, 2.45) is 0 Å². The van der Waals surface area contributed by atoms with Gasteiger partial charge in [-0.25, -0.2) is 8.42 Å². The van der Waals surface area contributed by atoms with Crippen LogP contribution in [0, 0.1) is 0 Å². The molecule has 0 spiro atoms. The summed E-state index contributed by atoms with van der Waals surface area (Å²) in [5, 5.41) is 0. The highest BCUT2D eigenvalue weighted by Gasteiger charge is 2.17. The first kappa shape index (κ1) is 17.1. The van der Waals surface area contributed by atoms with Crippen LogP contribution in [-0.2, 0) is 30.7 Å². The summed E-state index contributed by atoms with van der Waals surface area (Å²) >= 11 is 0. The Kier molecular flexibility index (Phi) is 6.12. The molecular weight excluding hydrogens is 302 g/mol. The van der Waals surface area contributed by atoms with E-state index in [0.29, 0.717) is 6.42 Å². The topological polar surface area (TPSA) is 80.8 Å². The molecule has 6 nitrogen and oxygen atoms in total. The van der Waals surface area contributed by atoms with E-state index in [1.165, 1.54) is 4.31 Å². The normalized spacial score (nSPS) is 12.8. The molecule has 1 aromatic carbocycles. The average Bonchev–Trinajstić information content (AvgIpc) is 2.32. The lowest BCUT2D eigenvalue weighted by molar-refractivity contribution is 0.279. The molecule has 0 bridgehead atoms. The second-order valence-corrected chi connectivity index (χ2v) is 8.05. The first-order valence-electron chi connectivity index (χ1n) is 6.02. The quantitative estimate of drug-likeness (QED) is 0.650. The van der Waals surface area contributed by atoms with Gasteiger partial charge in [0.25, 0.3) is 10.1 Å². The fourth-order valence-corrected chi connectivity index (χ4v) is 2.84. The monoisotopic (exact) mass is 321 g/mol. The van der Waals surface area contributed by atoms with Crippen LogP contribution in [-0.4, -0.2) is 53.3 Å². The number of sulfonamides is 1. The fourth-order valence-electron chi connectivity index (χ4n) is 1.63. The molecule has 8 heteroatoms. The number of benzene rings is 1. The van der Waals surface area contributed by atoms with E-state index in [1.807, 2.05) is 30.3 Å². The largest absolute Gasteiger partial charge is 0.269 e. The molecule has 0 aromatic heterocycles. The molecule has 0 fully saturated rings. The number of hydrogen-bond donors (Lipinski definition) is 0. The van der Waals surface area contributed by atoms with Gasteiger partial charge in [0.1, 0.15) is 0 Å². The first-order valence-corrected chi connectivity index (χ1v) is 9.68. The third-order valence-electron chi connectivity index (χ3n) is 2.60. The lowest BCUT2D eigenvalue weighted by Gasteiger charge is -2.19. The van der Waals surface area contributed by atoms with Gasteiger partial charge < -0.3 is 0 Å². The van der Waals surface area contributed by atoms with Crippen molar-refractivity contribution in [3.05, 3.63) is 35.9 Å². The zero-order valence-electron chi connectivity index (χ0n) is 11.5. The summed E-state index contributed by atoms with van der Waals surface area (Å²) in [6.07, 6.45) is 2.59. The molecule has 1 rings (SSSR count). The Morgan fingerprint density at radius 1 is 1.00 bits per heavy atom. The van der Waals surface area contributed by atoms with E-state index >= 15 is 0 Å². The minimum absolute atomic E-state index is 0.0126. The van der Waals surface area contributed by atoms with Crippen LogP contribution in [0.15, 0.2) is 30.3 Å². The van der Waals surface area contributed by atoms with Crippen molar-refractivity contribution in [3.8, 4) is 0 Å². The molecule has 20 heavy (non-hydrogen) atoms. The van der Waals surface area contributed by atoms with Gasteiger partial charge in [-0.2, -0.15) is 12.7 Å².